The van der Waals surface area contributed by atoms with E-state index in [1.165, 1.54) is 69.2 Å². The van der Waals surface area contributed by atoms with Gasteiger partial charge in [0.05, 0.1) is 81.1 Å². The van der Waals surface area contributed by atoms with Crippen LogP contribution in [0.3, 0.4) is 0 Å². The Morgan fingerprint density at radius 1 is 0.414 bits per heavy atom. The predicted octanol–water partition coefficient (Wildman–Crippen LogP) is 20.3. The number of halogens is 16. The molecule has 3 saturated heterocycles. The summed E-state index contributed by atoms with van der Waals surface area (Å²) in [6.07, 6.45) is -20.2. The van der Waals surface area contributed by atoms with Crippen molar-refractivity contribution in [1.29, 1.82) is 5.26 Å². The second-order valence-corrected chi connectivity index (χ2v) is 37.5. The smallest absolute Gasteiger partial charge is 0.395 e. The lowest BCUT2D eigenvalue weighted by Crippen LogP contribution is -2.48. The molecule has 14 aromatic rings. The van der Waals surface area contributed by atoms with Gasteiger partial charge >= 0.3 is 30.9 Å². The molecule has 46 heteroatoms. The van der Waals surface area contributed by atoms with Crippen LogP contribution >= 0.6 is 56.7 Å². The third-order valence-electron chi connectivity index (χ3n) is 22.6. The molecular weight excluding hydrogens is 1960 g/mol. The molecule has 0 saturated carbocycles. The number of nitriles is 1. The quantitative estimate of drug-likeness (QED) is 0.0784. The van der Waals surface area contributed by atoms with Gasteiger partial charge in [-0.15, -0.1) is 56.7 Å². The van der Waals surface area contributed by atoms with Gasteiger partial charge < -0.3 is 44.0 Å². The lowest BCUT2D eigenvalue weighted by Gasteiger charge is -2.37. The number of hydrogen-bond donors (Lipinski definition) is 1. The van der Waals surface area contributed by atoms with Gasteiger partial charge in [0.1, 0.15) is 62.8 Å². The Morgan fingerprint density at radius 2 is 0.764 bits per heavy atom. The number of piperazine rings is 1. The summed E-state index contributed by atoms with van der Waals surface area (Å²) in [6.45, 7) is 6.11. The van der Waals surface area contributed by atoms with Crippen LogP contribution in [0.25, 0.3) is 52.9 Å². The summed E-state index contributed by atoms with van der Waals surface area (Å²) in [5.41, 5.74) is 1.59. The van der Waals surface area contributed by atoms with Gasteiger partial charge in [-0.1, -0.05) is 72.8 Å². The number of thiophene rings is 5. The minimum Gasteiger partial charge on any atom is -0.395 e. The van der Waals surface area contributed by atoms with E-state index in [2.05, 4.69) is 36.5 Å². The number of fused-ring (bicyclic) bond motifs is 1. The highest BCUT2D eigenvalue weighted by atomic mass is 32.1. The van der Waals surface area contributed by atoms with Crippen LogP contribution in [-0.4, -0.2) is 188 Å². The number of aliphatic hydroxyl groups is 1. The standard InChI is InChI=1S/C20H18F4N4OS.C20H17F3N4OS.C19H16F3N3OS.C18H16F3N3O2S.C17H18F3N3O3S/c1-26-18(20(22,23)24)12-15(25-26)16-6-7-17(30-16)19(29)28-10-8-27(9-11-28)14-4-2-13(21)3-5-14;1-26-18(20(21,22)23)12-15(25-26)16-8-9-17(29-16)19(28)27(11-5-10-24)13-14-6-3-2-4-7-14;1-24-17(19(20,21)22)10-14(23-24)15-6-7-16(27-15)18(26)25-9-8-12-4-2-3-5-13(12)11-25;1-23-16(18(19,20)21)11-13(22-23)14-7-8-15(27-14)17(26)24(9-10-25)12-5-3-2-4-6-12;1-22-14(17(18,19)20)10-11(21-22)12-2-3-13(27-12)15(24)23-6-4-16(5-7-23)25-8-9-26-16/h2-7,12H,8-11H2,1H3;2-4,6-9,12H,5,11,13H2,1H3;2-7,10H,8-9,11H2,1H3;2-8,11,25H,9-10H2,1H3;2-3,10H,4-9H2,1H3. The van der Waals surface area contributed by atoms with E-state index in [0.29, 0.717) is 139 Å². The van der Waals surface area contributed by atoms with E-state index in [1.807, 2.05) is 60.7 Å². The number of aryl methyl sites for hydroxylation is 5. The molecule has 736 valence electrons. The van der Waals surface area contributed by atoms with E-state index in [1.54, 1.807) is 117 Å². The molecule has 5 amide bonds. The molecule has 18 rings (SSSR count). The van der Waals surface area contributed by atoms with Crippen molar-refractivity contribution in [1.82, 2.24) is 68.5 Å². The first kappa shape index (κ1) is 103. The minimum absolute atomic E-state index is 0.104. The number of carbonyl (C=O) groups is 5. The van der Waals surface area contributed by atoms with Crippen molar-refractivity contribution in [3.8, 4) is 58.9 Å². The summed E-state index contributed by atoms with van der Waals surface area (Å²) in [4.78, 5) is 79.1. The summed E-state index contributed by atoms with van der Waals surface area (Å²) >= 11 is 5.59. The summed E-state index contributed by atoms with van der Waals surface area (Å²) in [5, 5.41) is 37.8. The van der Waals surface area contributed by atoms with Crippen molar-refractivity contribution in [2.24, 2.45) is 35.2 Å². The first-order valence-corrected chi connectivity index (χ1v) is 47.0. The van der Waals surface area contributed by atoms with E-state index < -0.39 is 65.1 Å². The SMILES string of the molecule is Cn1nc(-c2ccc(C(=O)N(CCC#N)Cc3ccccc3)s2)cc1C(F)(F)F.Cn1nc(-c2ccc(C(=O)N(CCO)c3ccccc3)s2)cc1C(F)(F)F.Cn1nc(-c2ccc(C(=O)N3CCC4(CC3)OCCO4)s2)cc1C(F)(F)F.Cn1nc(-c2ccc(C(=O)N3CCN(c4ccc(F)cc4)CC3)s2)cc1C(F)(F)F.Cn1nc(-c2ccc(C(=O)N3CCc4ccccc4C3)s2)cc1C(F)(F)F. The highest BCUT2D eigenvalue weighted by Crippen LogP contribution is 2.43. The largest absolute Gasteiger partial charge is 0.433 e. The van der Waals surface area contributed by atoms with Gasteiger partial charge in [0.15, 0.2) is 5.79 Å². The average molecular weight is 2050 g/mol. The Morgan fingerprint density at radius 3 is 1.14 bits per heavy atom. The molecule has 25 nitrogen and oxygen atoms in total. The molecule has 4 aliphatic heterocycles. The number of alkyl halides is 15. The van der Waals surface area contributed by atoms with Crippen molar-refractivity contribution in [2.45, 2.75) is 75.4 Å². The van der Waals surface area contributed by atoms with Gasteiger partial charge in [-0.2, -0.15) is 96.6 Å². The maximum atomic E-state index is 13.1. The van der Waals surface area contributed by atoms with Gasteiger partial charge in [0.2, 0.25) is 0 Å². The van der Waals surface area contributed by atoms with Crippen LogP contribution in [-0.2, 0) is 95.1 Å². The molecule has 1 spiro atoms. The summed E-state index contributed by atoms with van der Waals surface area (Å²) in [5.74, 6) is -1.85. The number of piperidine rings is 1. The highest BCUT2D eigenvalue weighted by molar-refractivity contribution is 7.18. The van der Waals surface area contributed by atoms with Gasteiger partial charge in [-0.3, -0.25) is 47.4 Å². The van der Waals surface area contributed by atoms with Gasteiger partial charge in [0, 0.05) is 131 Å². The van der Waals surface area contributed by atoms with Crippen molar-refractivity contribution < 1.29 is 109 Å². The summed E-state index contributed by atoms with van der Waals surface area (Å²) in [6, 6.07) is 55.6. The summed E-state index contributed by atoms with van der Waals surface area (Å²) in [7, 11) is 6.21. The van der Waals surface area contributed by atoms with Crippen LogP contribution in [0.2, 0.25) is 0 Å². The second-order valence-electron chi connectivity index (χ2n) is 32.0. The van der Waals surface area contributed by atoms with Crippen molar-refractivity contribution in [3.05, 3.63) is 276 Å². The van der Waals surface area contributed by atoms with E-state index in [4.69, 9.17) is 14.7 Å². The fourth-order valence-electron chi connectivity index (χ4n) is 15.6. The number of anilines is 2. The van der Waals surface area contributed by atoms with E-state index in [-0.39, 0.29) is 89.9 Å². The highest BCUT2D eigenvalue weighted by Gasteiger charge is 2.44. The topological polar surface area (TPSA) is 256 Å². The maximum Gasteiger partial charge on any atom is 0.433 e. The molecule has 14 heterocycles. The van der Waals surface area contributed by atoms with Crippen LogP contribution < -0.4 is 9.80 Å². The van der Waals surface area contributed by atoms with Crippen LogP contribution in [0.5, 0.6) is 0 Å². The molecule has 0 unspecified atom stereocenters. The van der Waals surface area contributed by atoms with E-state index >= 15 is 0 Å². The number of benzene rings is 4. The lowest BCUT2D eigenvalue weighted by molar-refractivity contribution is -0.181. The fourth-order valence-corrected chi connectivity index (χ4v) is 20.2. The number of para-hydroxylation sites is 1. The number of ether oxygens (including phenoxy) is 2. The zero-order valence-electron chi connectivity index (χ0n) is 74.8. The molecule has 0 atom stereocenters. The average Bonchev–Trinajstić information content (AvgIpc) is 1.67. The predicted molar refractivity (Wildman–Crippen MR) is 493 cm³/mol. The number of hydrogen-bond acceptors (Lipinski definition) is 20. The Kier molecular flexibility index (Phi) is 31.8. The number of nitrogens with zero attached hydrogens (tertiary/aromatic N) is 17. The molecule has 1 N–H and O–H groups in total. The van der Waals surface area contributed by atoms with E-state index in [9.17, 15) is 99.3 Å². The van der Waals surface area contributed by atoms with Crippen LogP contribution in [0, 0.1) is 17.1 Å². The van der Waals surface area contributed by atoms with Crippen LogP contribution in [0.1, 0.15) is 113 Å². The Bertz CT molecular complexity index is 6710. The molecule has 4 aliphatic rings. The van der Waals surface area contributed by atoms with Crippen LogP contribution in [0.4, 0.5) is 81.6 Å². The van der Waals surface area contributed by atoms with Crippen molar-refractivity contribution >= 4 is 97.6 Å². The van der Waals surface area contributed by atoms with Gasteiger partial charge in [-0.25, -0.2) is 4.39 Å². The van der Waals surface area contributed by atoms with Crippen molar-refractivity contribution in [2.75, 3.05) is 88.5 Å². The normalized spacial score (nSPS) is 14.3. The monoisotopic (exact) mass is 2040 g/mol. The first-order chi connectivity index (χ1) is 66.4. The second kappa shape index (κ2) is 43.3. The van der Waals surface area contributed by atoms with Crippen LogP contribution in [0.15, 0.2) is 200 Å². The molecule has 3 fully saturated rings. The number of aliphatic hydroxyl groups excluding tert-OH is 1. The summed E-state index contributed by atoms with van der Waals surface area (Å²) < 4.78 is 223. The third kappa shape index (κ3) is 24.8. The zero-order valence-corrected chi connectivity index (χ0v) is 78.9. The molecule has 0 radical (unpaired) electrons. The molecule has 4 aromatic carbocycles. The third-order valence-corrected chi connectivity index (χ3v) is 28.1. The Balaban J connectivity index is 0.000000139. The van der Waals surface area contributed by atoms with Crippen molar-refractivity contribution in [3.63, 3.8) is 0 Å². The maximum absolute atomic E-state index is 13.1. The van der Waals surface area contributed by atoms with Gasteiger partial charge in [-0.05, 0) is 151 Å². The molecule has 0 bridgehead atoms. The Labute approximate surface area is 809 Å². The number of likely N-dealkylation sites (tertiary alicyclic amines) is 1. The lowest BCUT2D eigenvalue weighted by atomic mass is 10.00. The Hall–Kier alpha value is -13.2. The number of aromatic nitrogens is 10. The number of rotatable bonds is 18. The number of amides is 5. The molecule has 10 aromatic heterocycles. The molecule has 0 aliphatic carbocycles. The number of carbonyl (C=O) groups excluding carboxylic acids is 5. The minimum atomic E-state index is -4.50. The zero-order chi connectivity index (χ0) is 101. The van der Waals surface area contributed by atoms with Gasteiger partial charge in [0.25, 0.3) is 29.5 Å². The van der Waals surface area contributed by atoms with E-state index in [0.717, 1.165) is 122 Å². The fraction of sp³-hybridized carbons (Fsp3) is 0.309. The molecule has 140 heavy (non-hydrogen) atoms. The molecular formula is C94H85F16N17O8S5. The first-order valence-electron chi connectivity index (χ1n) is 42.9.